The fourth-order valence-electron chi connectivity index (χ4n) is 2.24. The van der Waals surface area contributed by atoms with Gasteiger partial charge in [-0.15, -0.1) is 0 Å². The number of ketones is 1. The molecule has 0 amide bonds. The fraction of sp³-hybridized carbons (Fsp3) is 0.222. The number of carbonyl (C=O) groups excluding carboxylic acids is 1. The maximum Gasteiger partial charge on any atom is 0.313 e. The van der Waals surface area contributed by atoms with Gasteiger partial charge < -0.3 is 5.11 Å². The second kappa shape index (κ2) is 5.92. The van der Waals surface area contributed by atoms with Gasteiger partial charge in [0.25, 0.3) is 0 Å². The first-order chi connectivity index (χ1) is 9.99. The van der Waals surface area contributed by atoms with Crippen LogP contribution >= 0.6 is 0 Å². The molecule has 0 aliphatic heterocycles. The van der Waals surface area contributed by atoms with Gasteiger partial charge in [-0.3, -0.25) is 9.59 Å². The van der Waals surface area contributed by atoms with E-state index in [9.17, 15) is 14.7 Å². The molecule has 0 radical (unpaired) electrons. The van der Waals surface area contributed by atoms with E-state index in [2.05, 4.69) is 0 Å². The summed E-state index contributed by atoms with van der Waals surface area (Å²) in [4.78, 5) is 24.0. The van der Waals surface area contributed by atoms with E-state index in [0.29, 0.717) is 23.1 Å². The summed E-state index contributed by atoms with van der Waals surface area (Å²) in [6, 6.07) is 15.9. The highest BCUT2D eigenvalue weighted by atomic mass is 16.4. The molecule has 1 unspecified atom stereocenters. The zero-order chi connectivity index (χ0) is 15.5. The molecule has 0 heterocycles. The molecule has 0 saturated heterocycles. The summed E-state index contributed by atoms with van der Waals surface area (Å²) in [6.45, 7) is 3.52. The van der Waals surface area contributed by atoms with Gasteiger partial charge in [0.15, 0.2) is 5.78 Å². The highest BCUT2D eigenvalue weighted by Gasteiger charge is 2.33. The van der Waals surface area contributed by atoms with Crippen molar-refractivity contribution < 1.29 is 14.7 Å². The second-order valence-corrected chi connectivity index (χ2v) is 5.27. The Labute approximate surface area is 124 Å². The van der Waals surface area contributed by atoms with E-state index in [1.165, 1.54) is 0 Å². The van der Waals surface area contributed by atoms with E-state index < -0.39 is 11.4 Å². The quantitative estimate of drug-likeness (QED) is 0.851. The minimum Gasteiger partial charge on any atom is -0.481 e. The van der Waals surface area contributed by atoms with Gasteiger partial charge in [0.05, 0.1) is 5.41 Å². The summed E-state index contributed by atoms with van der Waals surface area (Å²) in [5.74, 6) is -0.976. The third-order valence-corrected chi connectivity index (χ3v) is 3.98. The molecule has 3 heteroatoms. The molecule has 0 aromatic heterocycles. The Kier molecular flexibility index (Phi) is 4.22. The van der Waals surface area contributed by atoms with Crippen molar-refractivity contribution >= 4 is 11.8 Å². The molecule has 3 nitrogen and oxygen atoms in total. The zero-order valence-corrected chi connectivity index (χ0v) is 12.2. The van der Waals surface area contributed by atoms with Gasteiger partial charge in [-0.2, -0.15) is 0 Å². The average Bonchev–Trinajstić information content (AvgIpc) is 2.54. The van der Waals surface area contributed by atoms with Gasteiger partial charge >= 0.3 is 5.97 Å². The van der Waals surface area contributed by atoms with E-state index in [4.69, 9.17) is 0 Å². The van der Waals surface area contributed by atoms with Gasteiger partial charge in [-0.05, 0) is 25.0 Å². The van der Waals surface area contributed by atoms with Crippen molar-refractivity contribution in [1.82, 2.24) is 0 Å². The van der Waals surface area contributed by atoms with Crippen LogP contribution < -0.4 is 0 Å². The number of hydrogen-bond acceptors (Lipinski definition) is 2. The molecule has 108 valence electrons. The number of hydrogen-bond donors (Lipinski definition) is 1. The molecule has 0 fully saturated rings. The second-order valence-electron chi connectivity index (χ2n) is 5.27. The van der Waals surface area contributed by atoms with Crippen molar-refractivity contribution in [2.75, 3.05) is 0 Å². The molecular weight excluding hydrogens is 264 g/mol. The lowest BCUT2D eigenvalue weighted by Crippen LogP contribution is -2.31. The summed E-state index contributed by atoms with van der Waals surface area (Å²) in [7, 11) is 0. The van der Waals surface area contributed by atoms with Crippen molar-refractivity contribution in [3.63, 3.8) is 0 Å². The lowest BCUT2D eigenvalue weighted by molar-refractivity contribution is -0.143. The maximum atomic E-state index is 12.4. The van der Waals surface area contributed by atoms with E-state index in [1.54, 1.807) is 43.3 Å². The third-order valence-electron chi connectivity index (χ3n) is 3.98. The number of carboxylic acid groups (broad SMARTS) is 1. The number of rotatable bonds is 5. The van der Waals surface area contributed by atoms with Crippen molar-refractivity contribution in [3.8, 4) is 0 Å². The molecule has 0 aliphatic rings. The number of aliphatic carboxylic acids is 1. The molecule has 2 aromatic carbocycles. The van der Waals surface area contributed by atoms with Crippen LogP contribution in [0.25, 0.3) is 0 Å². The summed E-state index contributed by atoms with van der Waals surface area (Å²) in [5, 5.41) is 9.45. The topological polar surface area (TPSA) is 54.4 Å². The normalized spacial score (nSPS) is 13.4. The van der Waals surface area contributed by atoms with Crippen molar-refractivity contribution in [1.29, 1.82) is 0 Å². The molecular formula is C18H18O3. The van der Waals surface area contributed by atoms with Crippen LogP contribution in [-0.2, 0) is 10.2 Å². The molecule has 21 heavy (non-hydrogen) atoms. The Balaban J connectivity index is 2.43. The molecule has 0 bridgehead atoms. The summed E-state index contributed by atoms with van der Waals surface area (Å²) >= 11 is 0. The van der Waals surface area contributed by atoms with Crippen molar-refractivity contribution in [3.05, 3.63) is 71.3 Å². The first kappa shape index (κ1) is 15.0. The van der Waals surface area contributed by atoms with E-state index in [1.807, 2.05) is 25.1 Å². The van der Waals surface area contributed by atoms with Crippen LogP contribution in [0, 0.1) is 0 Å². The molecule has 1 atom stereocenters. The number of carbonyl (C=O) groups is 2. The van der Waals surface area contributed by atoms with Crippen molar-refractivity contribution in [2.45, 2.75) is 25.7 Å². The Morgan fingerprint density at radius 1 is 1.00 bits per heavy atom. The fourth-order valence-corrected chi connectivity index (χ4v) is 2.24. The monoisotopic (exact) mass is 282 g/mol. The summed E-state index contributed by atoms with van der Waals surface area (Å²) < 4.78 is 0. The van der Waals surface area contributed by atoms with Crippen molar-refractivity contribution in [2.24, 2.45) is 0 Å². The molecule has 0 saturated carbocycles. The van der Waals surface area contributed by atoms with Crippen LogP contribution in [0.3, 0.4) is 0 Å². The van der Waals surface area contributed by atoms with E-state index >= 15 is 0 Å². The Morgan fingerprint density at radius 3 is 2.19 bits per heavy atom. The van der Waals surface area contributed by atoms with Crippen LogP contribution in [0.2, 0.25) is 0 Å². The highest BCUT2D eigenvalue weighted by Crippen LogP contribution is 2.29. The lowest BCUT2D eigenvalue weighted by atomic mass is 9.79. The lowest BCUT2D eigenvalue weighted by Gasteiger charge is -2.24. The highest BCUT2D eigenvalue weighted by molar-refractivity contribution is 6.09. The van der Waals surface area contributed by atoms with Crippen LogP contribution in [0.15, 0.2) is 54.6 Å². The standard InChI is InChI=1S/C18H18O3/c1-3-18(2,17(20)21)15-11-7-10-14(12-15)16(19)13-8-5-4-6-9-13/h4-12H,3H2,1-2H3,(H,20,21). The Morgan fingerprint density at radius 2 is 1.62 bits per heavy atom. The minimum atomic E-state index is -0.979. The first-order valence-corrected chi connectivity index (χ1v) is 6.92. The van der Waals surface area contributed by atoms with Crippen LogP contribution in [0.4, 0.5) is 0 Å². The summed E-state index contributed by atoms with van der Waals surface area (Å²) in [6.07, 6.45) is 0.464. The SMILES string of the molecule is CCC(C)(C(=O)O)c1cccc(C(=O)c2ccccc2)c1. The average molecular weight is 282 g/mol. The predicted octanol–water partition coefficient (Wildman–Crippen LogP) is 3.67. The van der Waals surface area contributed by atoms with Gasteiger partial charge in [-0.1, -0.05) is 55.5 Å². The smallest absolute Gasteiger partial charge is 0.313 e. The van der Waals surface area contributed by atoms with E-state index in [-0.39, 0.29) is 5.78 Å². The number of carboxylic acids is 1. The Bertz CT molecular complexity index is 661. The van der Waals surface area contributed by atoms with Crippen LogP contribution in [-0.4, -0.2) is 16.9 Å². The Hall–Kier alpha value is -2.42. The first-order valence-electron chi connectivity index (χ1n) is 6.92. The van der Waals surface area contributed by atoms with Gasteiger partial charge in [0, 0.05) is 11.1 Å². The van der Waals surface area contributed by atoms with E-state index in [0.717, 1.165) is 0 Å². The third kappa shape index (κ3) is 2.87. The van der Waals surface area contributed by atoms with Gasteiger partial charge in [-0.25, -0.2) is 0 Å². The number of benzene rings is 2. The zero-order valence-electron chi connectivity index (χ0n) is 12.2. The predicted molar refractivity (Wildman–Crippen MR) is 81.6 cm³/mol. The van der Waals surface area contributed by atoms with Gasteiger partial charge in [0.2, 0.25) is 0 Å². The minimum absolute atomic E-state index is 0.0960. The summed E-state index contributed by atoms with van der Waals surface area (Å²) in [5.41, 5.74) is 0.787. The maximum absolute atomic E-state index is 12.4. The molecule has 0 aliphatic carbocycles. The molecule has 1 N–H and O–H groups in total. The van der Waals surface area contributed by atoms with Gasteiger partial charge in [0.1, 0.15) is 0 Å². The largest absolute Gasteiger partial charge is 0.481 e. The van der Waals surface area contributed by atoms with Crippen LogP contribution in [0.5, 0.6) is 0 Å². The van der Waals surface area contributed by atoms with Crippen LogP contribution in [0.1, 0.15) is 41.8 Å². The molecule has 0 spiro atoms. The molecule has 2 aromatic rings. The molecule has 2 rings (SSSR count).